The summed E-state index contributed by atoms with van der Waals surface area (Å²) in [6.07, 6.45) is 1.60. The monoisotopic (exact) mass is 274 g/mol. The smallest absolute Gasteiger partial charge is 0.356 e. The normalized spacial score (nSPS) is 10.4. The van der Waals surface area contributed by atoms with Crippen LogP contribution in [0.1, 0.15) is 10.5 Å². The molecule has 0 aromatic carbocycles. The first kappa shape index (κ1) is 11.3. The fourth-order valence-corrected chi connectivity index (χ4v) is 2.07. The molecule has 0 radical (unpaired) electrons. The highest BCUT2D eigenvalue weighted by molar-refractivity contribution is 7.13. The molecule has 0 saturated heterocycles. The van der Waals surface area contributed by atoms with Gasteiger partial charge in [0, 0.05) is 11.6 Å². The van der Waals surface area contributed by atoms with Gasteiger partial charge in [-0.3, -0.25) is 0 Å². The van der Waals surface area contributed by atoms with Gasteiger partial charge in [-0.05, 0) is 6.07 Å². The first-order chi connectivity index (χ1) is 7.59. The Morgan fingerprint density at radius 3 is 2.75 bits per heavy atom. The maximum Gasteiger partial charge on any atom is 0.356 e. The first-order valence-corrected chi connectivity index (χ1v) is 5.72. The number of thiazole rings is 1. The molecule has 0 fully saturated rings. The molecule has 0 aliphatic carbocycles. The van der Waals surface area contributed by atoms with E-state index in [4.69, 9.17) is 28.3 Å². The molecule has 2 aromatic heterocycles. The lowest BCUT2D eigenvalue weighted by molar-refractivity contribution is 0.0691. The summed E-state index contributed by atoms with van der Waals surface area (Å²) >= 11 is 12.9. The summed E-state index contributed by atoms with van der Waals surface area (Å²) in [6, 6.07) is 1.50. The highest BCUT2D eigenvalue weighted by Crippen LogP contribution is 2.30. The summed E-state index contributed by atoms with van der Waals surface area (Å²) in [5.74, 6) is -1.22. The highest BCUT2D eigenvalue weighted by atomic mass is 35.5. The van der Waals surface area contributed by atoms with Crippen LogP contribution < -0.4 is 0 Å². The molecule has 0 atom stereocenters. The van der Waals surface area contributed by atoms with Crippen LogP contribution in [0, 0.1) is 0 Å². The lowest BCUT2D eigenvalue weighted by Crippen LogP contribution is -2.03. The van der Waals surface area contributed by atoms with Crippen molar-refractivity contribution in [2.75, 3.05) is 0 Å². The predicted molar refractivity (Wildman–Crippen MR) is 62.3 cm³/mol. The van der Waals surface area contributed by atoms with Gasteiger partial charge in [0.2, 0.25) is 0 Å². The number of nitrogens with zero attached hydrogens (tertiary/aromatic N) is 2. The second kappa shape index (κ2) is 4.37. The van der Waals surface area contributed by atoms with Gasteiger partial charge in [-0.2, -0.15) is 0 Å². The standard InChI is InChI=1S/C9H4Cl2N2O2S/c10-4-3-5(8-12-1-2-16-8)13-7(6(4)11)9(14)15/h1-3H,(H,14,15). The second-order valence-corrected chi connectivity index (χ2v) is 4.47. The van der Waals surface area contributed by atoms with Crippen molar-refractivity contribution in [1.29, 1.82) is 0 Å². The van der Waals surface area contributed by atoms with Crippen molar-refractivity contribution < 1.29 is 9.90 Å². The Bertz CT molecular complexity index is 543. The van der Waals surface area contributed by atoms with Gasteiger partial charge >= 0.3 is 5.97 Å². The van der Waals surface area contributed by atoms with Crippen molar-refractivity contribution in [2.45, 2.75) is 0 Å². The number of aromatic nitrogens is 2. The average molecular weight is 275 g/mol. The van der Waals surface area contributed by atoms with E-state index < -0.39 is 5.97 Å². The molecule has 7 heteroatoms. The van der Waals surface area contributed by atoms with Crippen molar-refractivity contribution >= 4 is 40.5 Å². The van der Waals surface area contributed by atoms with E-state index in [1.807, 2.05) is 0 Å². The van der Waals surface area contributed by atoms with Crippen LogP contribution in [0.15, 0.2) is 17.6 Å². The zero-order valence-corrected chi connectivity index (χ0v) is 9.97. The van der Waals surface area contributed by atoms with Crippen molar-refractivity contribution in [3.63, 3.8) is 0 Å². The molecule has 0 aliphatic heterocycles. The molecule has 0 spiro atoms. The molecule has 2 heterocycles. The quantitative estimate of drug-likeness (QED) is 0.914. The molecule has 16 heavy (non-hydrogen) atoms. The third-order valence-corrected chi connectivity index (χ3v) is 3.34. The maximum absolute atomic E-state index is 10.9. The Morgan fingerprint density at radius 2 is 2.19 bits per heavy atom. The van der Waals surface area contributed by atoms with Gasteiger partial charge in [0.1, 0.15) is 10.7 Å². The molecule has 0 aliphatic rings. The fourth-order valence-electron chi connectivity index (χ4n) is 1.10. The SMILES string of the molecule is O=C(O)c1nc(-c2nccs2)cc(Cl)c1Cl. The van der Waals surface area contributed by atoms with E-state index in [9.17, 15) is 4.79 Å². The van der Waals surface area contributed by atoms with E-state index >= 15 is 0 Å². The molecule has 0 amide bonds. The number of hydrogen-bond acceptors (Lipinski definition) is 4. The van der Waals surface area contributed by atoms with Crippen LogP contribution >= 0.6 is 34.5 Å². The molecular weight excluding hydrogens is 271 g/mol. The molecule has 0 bridgehead atoms. The van der Waals surface area contributed by atoms with Crippen LogP contribution in [0.3, 0.4) is 0 Å². The molecule has 0 unspecified atom stereocenters. The number of halogens is 2. The number of pyridine rings is 1. The molecule has 4 nitrogen and oxygen atoms in total. The molecule has 2 rings (SSSR count). The van der Waals surface area contributed by atoms with E-state index in [1.165, 1.54) is 17.4 Å². The van der Waals surface area contributed by atoms with E-state index in [1.54, 1.807) is 11.6 Å². The van der Waals surface area contributed by atoms with Gasteiger partial charge in [-0.25, -0.2) is 14.8 Å². The van der Waals surface area contributed by atoms with E-state index in [-0.39, 0.29) is 15.7 Å². The zero-order chi connectivity index (χ0) is 11.7. The molecule has 2 aromatic rings. The molecule has 0 saturated carbocycles. The molecular formula is C9H4Cl2N2O2S. The van der Waals surface area contributed by atoms with Crippen molar-refractivity contribution in [3.05, 3.63) is 33.4 Å². The van der Waals surface area contributed by atoms with Crippen molar-refractivity contribution in [2.24, 2.45) is 0 Å². The topological polar surface area (TPSA) is 63.1 Å². The van der Waals surface area contributed by atoms with Crippen LogP contribution in [-0.2, 0) is 0 Å². The largest absolute Gasteiger partial charge is 0.476 e. The Labute approximate surface area is 104 Å². The third kappa shape index (κ3) is 2.02. The molecule has 82 valence electrons. The van der Waals surface area contributed by atoms with Gasteiger partial charge in [0.15, 0.2) is 5.69 Å². The van der Waals surface area contributed by atoms with Crippen LogP contribution in [0.4, 0.5) is 0 Å². The first-order valence-electron chi connectivity index (χ1n) is 4.09. The van der Waals surface area contributed by atoms with Gasteiger partial charge < -0.3 is 5.11 Å². The van der Waals surface area contributed by atoms with Crippen LogP contribution in [0.2, 0.25) is 10.0 Å². The maximum atomic E-state index is 10.9. The third-order valence-electron chi connectivity index (χ3n) is 1.77. The number of rotatable bonds is 2. The summed E-state index contributed by atoms with van der Waals surface area (Å²) in [6.45, 7) is 0. The van der Waals surface area contributed by atoms with Crippen molar-refractivity contribution in [1.82, 2.24) is 9.97 Å². The Morgan fingerprint density at radius 1 is 1.44 bits per heavy atom. The summed E-state index contributed by atoms with van der Waals surface area (Å²) in [5.41, 5.74) is 0.140. The number of aromatic carboxylic acids is 1. The lowest BCUT2D eigenvalue weighted by atomic mass is 10.3. The summed E-state index contributed by atoms with van der Waals surface area (Å²) in [7, 11) is 0. The van der Waals surface area contributed by atoms with Gasteiger partial charge in [0.25, 0.3) is 0 Å². The minimum Gasteiger partial charge on any atom is -0.476 e. The average Bonchev–Trinajstić information content (AvgIpc) is 2.74. The molecule has 1 N–H and O–H groups in total. The Balaban J connectivity index is 2.62. The van der Waals surface area contributed by atoms with E-state index in [0.717, 1.165) is 0 Å². The van der Waals surface area contributed by atoms with Gasteiger partial charge in [0.05, 0.1) is 10.0 Å². The zero-order valence-electron chi connectivity index (χ0n) is 7.65. The van der Waals surface area contributed by atoms with Crippen LogP contribution in [0.25, 0.3) is 10.7 Å². The highest BCUT2D eigenvalue weighted by Gasteiger charge is 2.17. The van der Waals surface area contributed by atoms with Crippen LogP contribution in [0.5, 0.6) is 0 Å². The van der Waals surface area contributed by atoms with Crippen molar-refractivity contribution in [3.8, 4) is 10.7 Å². The van der Waals surface area contributed by atoms with Gasteiger partial charge in [-0.1, -0.05) is 23.2 Å². The second-order valence-electron chi connectivity index (χ2n) is 2.79. The Hall–Kier alpha value is -1.17. The van der Waals surface area contributed by atoms with E-state index in [0.29, 0.717) is 10.7 Å². The number of hydrogen-bond donors (Lipinski definition) is 1. The number of carbonyl (C=O) groups is 1. The number of carboxylic acid groups (broad SMARTS) is 1. The van der Waals surface area contributed by atoms with Gasteiger partial charge in [-0.15, -0.1) is 11.3 Å². The lowest BCUT2D eigenvalue weighted by Gasteiger charge is -2.03. The minimum atomic E-state index is -1.22. The minimum absolute atomic E-state index is 0.0607. The summed E-state index contributed by atoms with van der Waals surface area (Å²) in [5, 5.41) is 11.3. The summed E-state index contributed by atoms with van der Waals surface area (Å²) < 4.78 is 0. The van der Waals surface area contributed by atoms with E-state index in [2.05, 4.69) is 9.97 Å². The number of carboxylic acids is 1. The predicted octanol–water partition coefficient (Wildman–Crippen LogP) is 3.21. The Kier molecular flexibility index (Phi) is 3.09. The summed E-state index contributed by atoms with van der Waals surface area (Å²) in [4.78, 5) is 18.8. The van der Waals surface area contributed by atoms with Crippen LogP contribution in [-0.4, -0.2) is 21.0 Å². The fraction of sp³-hybridized carbons (Fsp3) is 0.